The van der Waals surface area contributed by atoms with Crippen molar-refractivity contribution in [2.24, 2.45) is 5.11 Å². The van der Waals surface area contributed by atoms with Crippen LogP contribution < -0.4 is 0 Å². The molecule has 0 radical (unpaired) electrons. The number of nitrogens with zero attached hydrogens (tertiary/aromatic N) is 3. The maximum Gasteiger partial charge on any atom is 0.0747 e. The highest BCUT2D eigenvalue weighted by Crippen LogP contribution is 2.32. The van der Waals surface area contributed by atoms with E-state index in [9.17, 15) is 0 Å². The largest absolute Gasteiger partial charge is 0.0838 e. The number of benzene rings is 1. The Hall–Kier alpha value is -0.890. The van der Waals surface area contributed by atoms with E-state index in [0.29, 0.717) is 10.0 Å². The Morgan fingerprint density at radius 3 is 2.27 bits per heavy atom. The predicted molar refractivity (Wildman–Crippen MR) is 45.3 cm³/mol. The Morgan fingerprint density at radius 1 is 1.27 bits per heavy atom. The third-order valence-electron chi connectivity index (χ3n) is 1.08. The van der Waals surface area contributed by atoms with Gasteiger partial charge < -0.3 is 0 Å². The summed E-state index contributed by atoms with van der Waals surface area (Å²) in [6.07, 6.45) is 0. The molecule has 0 fully saturated rings. The van der Waals surface area contributed by atoms with Crippen LogP contribution in [0, 0.1) is 0 Å². The van der Waals surface area contributed by atoms with Gasteiger partial charge in [-0.2, -0.15) is 0 Å². The number of rotatable bonds is 1. The first-order chi connectivity index (χ1) is 5.25. The lowest BCUT2D eigenvalue weighted by molar-refractivity contribution is 1.48. The van der Waals surface area contributed by atoms with E-state index >= 15 is 0 Å². The zero-order chi connectivity index (χ0) is 8.27. The Bertz CT molecular complexity index is 297. The van der Waals surface area contributed by atoms with Crippen molar-refractivity contribution in [2.45, 2.75) is 0 Å². The third kappa shape index (κ3) is 1.77. The summed E-state index contributed by atoms with van der Waals surface area (Å²) in [6.45, 7) is 0. The van der Waals surface area contributed by atoms with Crippen molar-refractivity contribution >= 4 is 28.9 Å². The Balaban J connectivity index is 3.31. The average molecular weight is 188 g/mol. The normalized spacial score (nSPS) is 8.91. The zero-order valence-corrected chi connectivity index (χ0v) is 6.84. The minimum absolute atomic E-state index is 0.276. The molecule has 0 heterocycles. The van der Waals surface area contributed by atoms with Crippen molar-refractivity contribution < 1.29 is 0 Å². The fraction of sp³-hybridized carbons (Fsp3) is 0. The van der Waals surface area contributed by atoms with E-state index in [2.05, 4.69) is 10.0 Å². The first-order valence-electron chi connectivity index (χ1n) is 2.75. The molecule has 0 N–H and O–H groups in total. The standard InChI is InChI=1S/C6H3Cl2N3/c7-4-2-1-3-5(8)6(4)10-11-9/h1-3H. The summed E-state index contributed by atoms with van der Waals surface area (Å²) in [7, 11) is 0. The maximum absolute atomic E-state index is 8.11. The Morgan fingerprint density at radius 2 is 1.82 bits per heavy atom. The van der Waals surface area contributed by atoms with Gasteiger partial charge in [-0.05, 0) is 17.7 Å². The van der Waals surface area contributed by atoms with Gasteiger partial charge in [-0.1, -0.05) is 34.4 Å². The first-order valence-corrected chi connectivity index (χ1v) is 3.50. The molecule has 0 saturated heterocycles. The Kier molecular flexibility index (Phi) is 2.60. The molecule has 1 aromatic rings. The lowest BCUT2D eigenvalue weighted by Gasteiger charge is -1.96. The van der Waals surface area contributed by atoms with E-state index in [4.69, 9.17) is 28.7 Å². The molecular weight excluding hydrogens is 185 g/mol. The minimum Gasteiger partial charge on any atom is -0.0838 e. The molecule has 1 rings (SSSR count). The second kappa shape index (κ2) is 3.49. The van der Waals surface area contributed by atoms with E-state index in [1.807, 2.05) is 0 Å². The monoisotopic (exact) mass is 187 g/mol. The maximum atomic E-state index is 8.11. The summed E-state index contributed by atoms with van der Waals surface area (Å²) in [5, 5.41) is 4.04. The molecule has 0 unspecified atom stereocenters. The van der Waals surface area contributed by atoms with E-state index < -0.39 is 0 Å². The number of hydrogen-bond acceptors (Lipinski definition) is 1. The van der Waals surface area contributed by atoms with Crippen LogP contribution in [0.15, 0.2) is 23.3 Å². The molecule has 0 aliphatic rings. The fourth-order valence-electron chi connectivity index (χ4n) is 0.629. The highest BCUT2D eigenvalue weighted by molar-refractivity contribution is 6.38. The van der Waals surface area contributed by atoms with Gasteiger partial charge in [-0.3, -0.25) is 0 Å². The van der Waals surface area contributed by atoms with Crippen LogP contribution in [-0.4, -0.2) is 0 Å². The molecular formula is C6H3Cl2N3. The quantitative estimate of drug-likeness (QED) is 0.364. The second-order valence-electron chi connectivity index (χ2n) is 1.76. The number of halogens is 2. The molecule has 5 heteroatoms. The topological polar surface area (TPSA) is 48.8 Å². The summed E-state index contributed by atoms with van der Waals surface area (Å²) in [6, 6.07) is 4.90. The molecule has 0 aromatic heterocycles. The minimum atomic E-state index is 0.276. The van der Waals surface area contributed by atoms with E-state index in [1.165, 1.54) is 0 Å². The van der Waals surface area contributed by atoms with Crippen LogP contribution in [0.4, 0.5) is 5.69 Å². The highest BCUT2D eigenvalue weighted by Gasteiger charge is 2.00. The summed E-state index contributed by atoms with van der Waals surface area (Å²) >= 11 is 11.3. The van der Waals surface area contributed by atoms with Gasteiger partial charge in [0.2, 0.25) is 0 Å². The highest BCUT2D eigenvalue weighted by atomic mass is 35.5. The van der Waals surface area contributed by atoms with Crippen LogP contribution in [0.25, 0.3) is 10.4 Å². The molecule has 56 valence electrons. The van der Waals surface area contributed by atoms with Gasteiger partial charge >= 0.3 is 0 Å². The van der Waals surface area contributed by atoms with E-state index in [0.717, 1.165) is 0 Å². The lowest BCUT2D eigenvalue weighted by Crippen LogP contribution is -1.67. The number of hydrogen-bond donors (Lipinski definition) is 0. The van der Waals surface area contributed by atoms with Gasteiger partial charge in [0.15, 0.2) is 0 Å². The molecule has 0 amide bonds. The van der Waals surface area contributed by atoms with Crippen molar-refractivity contribution in [2.75, 3.05) is 0 Å². The van der Waals surface area contributed by atoms with Crippen LogP contribution in [0.2, 0.25) is 10.0 Å². The molecule has 0 bridgehead atoms. The van der Waals surface area contributed by atoms with Gasteiger partial charge in [-0.25, -0.2) is 0 Å². The van der Waals surface area contributed by atoms with Crippen molar-refractivity contribution in [1.82, 2.24) is 0 Å². The molecule has 0 aliphatic heterocycles. The summed E-state index contributed by atoms with van der Waals surface area (Å²) in [5.74, 6) is 0. The third-order valence-corrected chi connectivity index (χ3v) is 1.69. The molecule has 0 atom stereocenters. The van der Waals surface area contributed by atoms with Gasteiger partial charge in [0.25, 0.3) is 0 Å². The van der Waals surface area contributed by atoms with Gasteiger partial charge in [-0.15, -0.1) is 0 Å². The molecule has 0 saturated carbocycles. The second-order valence-corrected chi connectivity index (χ2v) is 2.57. The number of azide groups is 1. The molecule has 3 nitrogen and oxygen atoms in total. The van der Waals surface area contributed by atoms with E-state index in [-0.39, 0.29) is 5.69 Å². The molecule has 1 aromatic carbocycles. The van der Waals surface area contributed by atoms with Crippen LogP contribution in [0.1, 0.15) is 0 Å². The van der Waals surface area contributed by atoms with Crippen molar-refractivity contribution in [3.63, 3.8) is 0 Å². The molecule has 0 spiro atoms. The Labute approximate surface area is 73.2 Å². The van der Waals surface area contributed by atoms with Gasteiger partial charge in [0.1, 0.15) is 0 Å². The van der Waals surface area contributed by atoms with Crippen LogP contribution >= 0.6 is 23.2 Å². The van der Waals surface area contributed by atoms with Crippen LogP contribution in [-0.2, 0) is 0 Å². The smallest absolute Gasteiger partial charge is 0.0747 e. The summed E-state index contributed by atoms with van der Waals surface area (Å²) in [4.78, 5) is 2.58. The zero-order valence-electron chi connectivity index (χ0n) is 5.33. The van der Waals surface area contributed by atoms with Crippen LogP contribution in [0.5, 0.6) is 0 Å². The summed E-state index contributed by atoms with van der Waals surface area (Å²) < 4.78 is 0. The van der Waals surface area contributed by atoms with Crippen LogP contribution in [0.3, 0.4) is 0 Å². The average Bonchev–Trinajstić information content (AvgIpc) is 1.97. The first kappa shape index (κ1) is 8.21. The van der Waals surface area contributed by atoms with Crippen molar-refractivity contribution in [3.05, 3.63) is 38.7 Å². The van der Waals surface area contributed by atoms with Gasteiger partial charge in [0.05, 0.1) is 15.7 Å². The lowest BCUT2D eigenvalue weighted by atomic mass is 10.3. The van der Waals surface area contributed by atoms with Gasteiger partial charge in [0, 0.05) is 4.91 Å². The van der Waals surface area contributed by atoms with Crippen molar-refractivity contribution in [1.29, 1.82) is 0 Å². The van der Waals surface area contributed by atoms with E-state index in [1.54, 1.807) is 18.2 Å². The molecule has 0 aliphatic carbocycles. The molecule has 11 heavy (non-hydrogen) atoms. The fourth-order valence-corrected chi connectivity index (χ4v) is 1.10. The van der Waals surface area contributed by atoms with Crippen molar-refractivity contribution in [3.8, 4) is 0 Å². The summed E-state index contributed by atoms with van der Waals surface area (Å²) in [5.41, 5.74) is 8.39. The predicted octanol–water partition coefficient (Wildman–Crippen LogP) is 3.94. The SMILES string of the molecule is [N-]=[N+]=Nc1c(Cl)cccc1Cl.